The van der Waals surface area contributed by atoms with Crippen LogP contribution in [0.15, 0.2) is 70.8 Å². The molecule has 29 heavy (non-hydrogen) atoms. The van der Waals surface area contributed by atoms with Gasteiger partial charge < -0.3 is 14.4 Å². The molecule has 3 aromatic rings. The number of anilines is 1. The average Bonchev–Trinajstić information content (AvgIpc) is 3.29. The van der Waals surface area contributed by atoms with Crippen molar-refractivity contribution in [1.82, 2.24) is 5.16 Å². The highest BCUT2D eigenvalue weighted by Crippen LogP contribution is 2.42. The molecule has 4 rings (SSSR count). The van der Waals surface area contributed by atoms with E-state index in [0.717, 1.165) is 0 Å². The van der Waals surface area contributed by atoms with Crippen molar-refractivity contribution in [1.29, 1.82) is 0 Å². The minimum Gasteiger partial charge on any atom is -0.507 e. The first-order valence-corrected chi connectivity index (χ1v) is 8.95. The molecule has 146 valence electrons. The van der Waals surface area contributed by atoms with Gasteiger partial charge in [0.1, 0.15) is 17.3 Å². The minimum absolute atomic E-state index is 0.0184. The van der Waals surface area contributed by atoms with Crippen molar-refractivity contribution in [2.45, 2.75) is 13.0 Å². The van der Waals surface area contributed by atoms with Crippen LogP contribution in [0, 0.1) is 6.92 Å². The Morgan fingerprint density at radius 3 is 2.52 bits per heavy atom. The Balaban J connectivity index is 1.95. The molecule has 1 amide bonds. The topological polar surface area (TPSA) is 92.9 Å². The van der Waals surface area contributed by atoms with E-state index in [1.165, 1.54) is 12.0 Å². The van der Waals surface area contributed by atoms with Gasteiger partial charge in [-0.05, 0) is 24.6 Å². The fraction of sp³-hybridized carbons (Fsp3) is 0.136. The van der Waals surface area contributed by atoms with Crippen LogP contribution in [0.4, 0.5) is 5.82 Å². The van der Waals surface area contributed by atoms with E-state index < -0.39 is 17.7 Å². The Morgan fingerprint density at radius 2 is 1.86 bits per heavy atom. The molecule has 1 atom stereocenters. The van der Waals surface area contributed by atoms with Crippen LogP contribution in [0.25, 0.3) is 5.76 Å². The van der Waals surface area contributed by atoms with E-state index in [0.29, 0.717) is 22.6 Å². The fourth-order valence-electron chi connectivity index (χ4n) is 3.41. The molecule has 0 spiro atoms. The molecule has 1 N–H and O–H groups in total. The number of carbonyl (C=O) groups is 2. The van der Waals surface area contributed by atoms with Gasteiger partial charge in [-0.25, -0.2) is 0 Å². The molecule has 1 saturated heterocycles. The maximum atomic E-state index is 13.0. The Labute approximate surface area is 166 Å². The van der Waals surface area contributed by atoms with Gasteiger partial charge in [-0.1, -0.05) is 47.6 Å². The standard InChI is InChI=1S/C22H18N2O5/c1-13-11-17(23-29-13)24-19(15-9-6-10-16(12-15)28-2)18(21(26)22(24)27)20(25)14-7-4-3-5-8-14/h3-12,19,25H,1-2H3/t19-/m0/s1. The van der Waals surface area contributed by atoms with E-state index in [2.05, 4.69) is 5.16 Å². The van der Waals surface area contributed by atoms with Gasteiger partial charge in [0.15, 0.2) is 5.82 Å². The molecule has 7 nitrogen and oxygen atoms in total. The van der Waals surface area contributed by atoms with Crippen molar-refractivity contribution < 1.29 is 24.0 Å². The van der Waals surface area contributed by atoms with Crippen molar-refractivity contribution in [3.63, 3.8) is 0 Å². The van der Waals surface area contributed by atoms with Gasteiger partial charge in [0.25, 0.3) is 5.78 Å². The van der Waals surface area contributed by atoms with Gasteiger partial charge >= 0.3 is 5.91 Å². The van der Waals surface area contributed by atoms with Gasteiger partial charge in [-0.2, -0.15) is 0 Å². The predicted molar refractivity (Wildman–Crippen MR) is 105 cm³/mol. The highest BCUT2D eigenvalue weighted by Gasteiger charge is 2.48. The number of rotatable bonds is 4. The van der Waals surface area contributed by atoms with Crippen molar-refractivity contribution in [3.8, 4) is 5.75 Å². The molecule has 1 aromatic heterocycles. The minimum atomic E-state index is -0.880. The first kappa shape index (κ1) is 18.5. The number of Topliss-reactive ketones (excluding diaryl/α,β-unsaturated/α-hetero) is 1. The fourth-order valence-corrected chi connectivity index (χ4v) is 3.41. The third-order valence-electron chi connectivity index (χ3n) is 4.76. The van der Waals surface area contributed by atoms with Crippen LogP contribution in [-0.2, 0) is 9.59 Å². The summed E-state index contributed by atoms with van der Waals surface area (Å²) in [7, 11) is 1.53. The normalized spacial score (nSPS) is 18.3. The van der Waals surface area contributed by atoms with Crippen LogP contribution < -0.4 is 9.64 Å². The second-order valence-corrected chi connectivity index (χ2v) is 6.61. The zero-order chi connectivity index (χ0) is 20.5. The highest BCUT2D eigenvalue weighted by molar-refractivity contribution is 6.51. The molecule has 2 heterocycles. The lowest BCUT2D eigenvalue weighted by Gasteiger charge is -2.23. The summed E-state index contributed by atoms with van der Waals surface area (Å²) < 4.78 is 10.4. The summed E-state index contributed by atoms with van der Waals surface area (Å²) in [5.41, 5.74) is 1.02. The predicted octanol–water partition coefficient (Wildman–Crippen LogP) is 3.62. The van der Waals surface area contributed by atoms with Crippen LogP contribution in [-0.4, -0.2) is 29.1 Å². The SMILES string of the molecule is COc1cccc([C@H]2C(=C(O)c3ccccc3)C(=O)C(=O)N2c2cc(C)on2)c1. The van der Waals surface area contributed by atoms with Gasteiger partial charge in [-0.15, -0.1) is 0 Å². The number of aliphatic hydroxyl groups is 1. The van der Waals surface area contributed by atoms with Crippen LogP contribution >= 0.6 is 0 Å². The van der Waals surface area contributed by atoms with Crippen molar-refractivity contribution in [3.05, 3.63) is 83.1 Å². The Bertz CT molecular complexity index is 1120. The van der Waals surface area contributed by atoms with E-state index in [4.69, 9.17) is 9.26 Å². The average molecular weight is 390 g/mol. The maximum Gasteiger partial charge on any atom is 0.301 e. The van der Waals surface area contributed by atoms with E-state index >= 15 is 0 Å². The second-order valence-electron chi connectivity index (χ2n) is 6.61. The first-order chi connectivity index (χ1) is 14.0. The molecule has 0 aliphatic carbocycles. The summed E-state index contributed by atoms with van der Waals surface area (Å²) in [5, 5.41) is 14.9. The monoisotopic (exact) mass is 390 g/mol. The number of nitrogens with zero attached hydrogens (tertiary/aromatic N) is 2. The molecule has 1 fully saturated rings. The molecule has 0 bridgehead atoms. The highest BCUT2D eigenvalue weighted by atomic mass is 16.5. The molecule has 0 radical (unpaired) electrons. The second kappa shape index (κ2) is 7.27. The Hall–Kier alpha value is -3.87. The molecular weight excluding hydrogens is 372 g/mol. The number of aryl methyl sites for hydroxylation is 1. The quantitative estimate of drug-likeness (QED) is 0.416. The lowest BCUT2D eigenvalue weighted by Crippen LogP contribution is -2.29. The summed E-state index contributed by atoms with van der Waals surface area (Å²) in [6.07, 6.45) is 0. The smallest absolute Gasteiger partial charge is 0.301 e. The van der Waals surface area contributed by atoms with Crippen LogP contribution in [0.5, 0.6) is 5.75 Å². The summed E-state index contributed by atoms with van der Waals surface area (Å²) in [4.78, 5) is 27.1. The summed E-state index contributed by atoms with van der Waals surface area (Å²) in [6.45, 7) is 1.69. The van der Waals surface area contributed by atoms with E-state index in [-0.39, 0.29) is 17.2 Å². The zero-order valence-electron chi connectivity index (χ0n) is 15.8. The Morgan fingerprint density at radius 1 is 1.10 bits per heavy atom. The molecule has 1 aliphatic heterocycles. The summed E-state index contributed by atoms with van der Waals surface area (Å²) >= 11 is 0. The summed E-state index contributed by atoms with van der Waals surface area (Å²) in [6, 6.07) is 16.3. The molecule has 0 unspecified atom stereocenters. The Kier molecular flexibility index (Phi) is 4.64. The number of aromatic nitrogens is 1. The molecule has 0 saturated carbocycles. The first-order valence-electron chi connectivity index (χ1n) is 8.95. The van der Waals surface area contributed by atoms with Gasteiger partial charge in [0.2, 0.25) is 0 Å². The van der Waals surface area contributed by atoms with Gasteiger partial charge in [0.05, 0.1) is 18.7 Å². The maximum absolute atomic E-state index is 13.0. The van der Waals surface area contributed by atoms with E-state index in [1.54, 1.807) is 67.6 Å². The number of amides is 1. The number of ether oxygens (including phenoxy) is 1. The van der Waals surface area contributed by atoms with Gasteiger partial charge in [-0.3, -0.25) is 14.5 Å². The van der Waals surface area contributed by atoms with Gasteiger partial charge in [0, 0.05) is 11.6 Å². The van der Waals surface area contributed by atoms with Crippen LogP contribution in [0.3, 0.4) is 0 Å². The van der Waals surface area contributed by atoms with E-state index in [1.807, 2.05) is 0 Å². The number of aliphatic hydroxyl groups excluding tert-OH is 1. The molecule has 7 heteroatoms. The van der Waals surface area contributed by atoms with Crippen molar-refractivity contribution in [2.24, 2.45) is 0 Å². The lowest BCUT2D eigenvalue weighted by atomic mass is 9.95. The molecular formula is C22H18N2O5. The number of hydrogen-bond acceptors (Lipinski definition) is 6. The zero-order valence-corrected chi connectivity index (χ0v) is 15.8. The largest absolute Gasteiger partial charge is 0.507 e. The number of hydrogen-bond donors (Lipinski definition) is 1. The van der Waals surface area contributed by atoms with Crippen LogP contribution in [0.1, 0.15) is 22.9 Å². The summed E-state index contributed by atoms with van der Waals surface area (Å²) in [5.74, 6) is -0.578. The third-order valence-corrected chi connectivity index (χ3v) is 4.76. The van der Waals surface area contributed by atoms with Crippen molar-refractivity contribution in [2.75, 3.05) is 12.0 Å². The molecule has 1 aliphatic rings. The lowest BCUT2D eigenvalue weighted by molar-refractivity contribution is -0.132. The number of ketones is 1. The molecule has 2 aromatic carbocycles. The van der Waals surface area contributed by atoms with E-state index in [9.17, 15) is 14.7 Å². The van der Waals surface area contributed by atoms with Crippen LogP contribution in [0.2, 0.25) is 0 Å². The number of benzene rings is 2. The number of carbonyl (C=O) groups excluding carboxylic acids is 2. The number of methoxy groups -OCH3 is 1. The third kappa shape index (κ3) is 3.16. The van der Waals surface area contributed by atoms with Crippen molar-refractivity contribution >= 4 is 23.3 Å².